The van der Waals surface area contributed by atoms with Crippen molar-refractivity contribution in [3.8, 4) is 0 Å². The van der Waals surface area contributed by atoms with E-state index in [1.165, 1.54) is 0 Å². The van der Waals surface area contributed by atoms with E-state index < -0.39 is 5.97 Å². The zero-order valence-corrected chi connectivity index (χ0v) is 9.22. The van der Waals surface area contributed by atoms with E-state index in [0.29, 0.717) is 0 Å². The molecule has 0 aromatic rings. The van der Waals surface area contributed by atoms with E-state index in [1.807, 2.05) is 4.90 Å². The van der Waals surface area contributed by atoms with Crippen molar-refractivity contribution in [1.82, 2.24) is 9.80 Å². The predicted molar refractivity (Wildman–Crippen MR) is 56.8 cm³/mol. The molecule has 0 bridgehead atoms. The van der Waals surface area contributed by atoms with Crippen molar-refractivity contribution in [1.29, 1.82) is 0 Å². The molecule has 88 valence electrons. The zero-order chi connectivity index (χ0) is 11.3. The number of hydrogen-bond donors (Lipinski definition) is 2. The molecule has 15 heavy (non-hydrogen) atoms. The van der Waals surface area contributed by atoms with Crippen molar-refractivity contribution < 1.29 is 15.0 Å². The molecule has 1 fully saturated rings. The van der Waals surface area contributed by atoms with Crippen molar-refractivity contribution in [3.05, 3.63) is 0 Å². The summed E-state index contributed by atoms with van der Waals surface area (Å²) in [5.41, 5.74) is 0. The monoisotopic (exact) mass is 216 g/mol. The molecule has 1 saturated heterocycles. The first-order chi connectivity index (χ1) is 7.08. The van der Waals surface area contributed by atoms with Gasteiger partial charge in [0.25, 0.3) is 0 Å². The Balaban J connectivity index is 2.15. The minimum absolute atomic E-state index is 0.143. The molecule has 5 heteroatoms. The highest BCUT2D eigenvalue weighted by Gasteiger charge is 2.18. The highest BCUT2D eigenvalue weighted by molar-refractivity contribution is 5.69. The fourth-order valence-electron chi connectivity index (χ4n) is 1.73. The third-order valence-electron chi connectivity index (χ3n) is 2.69. The summed E-state index contributed by atoms with van der Waals surface area (Å²) in [5, 5.41) is 17.8. The van der Waals surface area contributed by atoms with E-state index in [-0.39, 0.29) is 12.6 Å². The number of rotatable bonds is 5. The van der Waals surface area contributed by atoms with E-state index in [0.717, 1.165) is 39.1 Å². The summed E-state index contributed by atoms with van der Waals surface area (Å²) in [6, 6.07) is 0. The van der Waals surface area contributed by atoms with Gasteiger partial charge in [-0.05, 0) is 13.3 Å². The molecule has 0 amide bonds. The first-order valence-corrected chi connectivity index (χ1v) is 5.42. The van der Waals surface area contributed by atoms with Gasteiger partial charge < -0.3 is 15.1 Å². The van der Waals surface area contributed by atoms with Crippen LogP contribution >= 0.6 is 0 Å². The molecule has 0 aromatic carbocycles. The lowest BCUT2D eigenvalue weighted by molar-refractivity contribution is -0.138. The van der Waals surface area contributed by atoms with E-state index >= 15 is 0 Å². The van der Waals surface area contributed by atoms with Crippen molar-refractivity contribution in [2.24, 2.45) is 0 Å². The fraction of sp³-hybridized carbons (Fsp3) is 0.900. The Labute approximate surface area is 90.3 Å². The second-order valence-corrected chi connectivity index (χ2v) is 4.15. The first kappa shape index (κ1) is 12.4. The number of piperazine rings is 1. The Kier molecular flexibility index (Phi) is 5.01. The van der Waals surface area contributed by atoms with Gasteiger partial charge in [-0.15, -0.1) is 0 Å². The van der Waals surface area contributed by atoms with Crippen LogP contribution in [-0.2, 0) is 4.79 Å². The van der Waals surface area contributed by atoms with E-state index in [9.17, 15) is 4.79 Å². The molecular formula is C10H20N2O3. The molecule has 1 rings (SSSR count). The lowest BCUT2D eigenvalue weighted by Gasteiger charge is -2.33. The highest BCUT2D eigenvalue weighted by Crippen LogP contribution is 2.03. The second-order valence-electron chi connectivity index (χ2n) is 4.15. The minimum atomic E-state index is -0.757. The van der Waals surface area contributed by atoms with Gasteiger partial charge in [0.05, 0.1) is 12.6 Å². The van der Waals surface area contributed by atoms with E-state index in [4.69, 9.17) is 10.2 Å². The third kappa shape index (κ3) is 5.11. The molecule has 1 heterocycles. The van der Waals surface area contributed by atoms with Crippen molar-refractivity contribution in [2.75, 3.05) is 39.3 Å². The van der Waals surface area contributed by atoms with E-state index in [2.05, 4.69) is 4.90 Å². The van der Waals surface area contributed by atoms with Crippen LogP contribution in [0.25, 0.3) is 0 Å². The van der Waals surface area contributed by atoms with Crippen LogP contribution in [0.3, 0.4) is 0 Å². The Morgan fingerprint density at radius 1 is 1.27 bits per heavy atom. The van der Waals surface area contributed by atoms with Crippen LogP contribution < -0.4 is 0 Å². The molecule has 0 aliphatic carbocycles. The smallest absolute Gasteiger partial charge is 0.317 e. The SMILES string of the molecule is CC(O)CCN1CCN(CC(=O)O)CC1. The number of nitrogens with zero attached hydrogens (tertiary/aromatic N) is 2. The van der Waals surface area contributed by atoms with Crippen LogP contribution in [0.4, 0.5) is 0 Å². The molecular weight excluding hydrogens is 196 g/mol. The summed E-state index contributed by atoms with van der Waals surface area (Å²) in [6.07, 6.45) is 0.543. The second kappa shape index (κ2) is 6.05. The van der Waals surface area contributed by atoms with Gasteiger partial charge in [-0.1, -0.05) is 0 Å². The number of aliphatic hydroxyl groups excluding tert-OH is 1. The summed E-state index contributed by atoms with van der Waals surface area (Å²) in [5.74, 6) is -0.757. The Bertz CT molecular complexity index is 201. The van der Waals surface area contributed by atoms with Gasteiger partial charge >= 0.3 is 5.97 Å². The van der Waals surface area contributed by atoms with Gasteiger partial charge in [-0.3, -0.25) is 9.69 Å². The summed E-state index contributed by atoms with van der Waals surface area (Å²) in [7, 11) is 0. The molecule has 5 nitrogen and oxygen atoms in total. The molecule has 0 aromatic heterocycles. The van der Waals surface area contributed by atoms with Crippen LogP contribution in [0.1, 0.15) is 13.3 Å². The van der Waals surface area contributed by atoms with Gasteiger partial charge in [-0.25, -0.2) is 0 Å². The molecule has 1 unspecified atom stereocenters. The first-order valence-electron chi connectivity index (χ1n) is 5.42. The minimum Gasteiger partial charge on any atom is -0.480 e. The van der Waals surface area contributed by atoms with Crippen molar-refractivity contribution in [2.45, 2.75) is 19.4 Å². The third-order valence-corrected chi connectivity index (χ3v) is 2.69. The summed E-state index contributed by atoms with van der Waals surface area (Å²) >= 11 is 0. The number of aliphatic carboxylic acids is 1. The van der Waals surface area contributed by atoms with Gasteiger partial charge in [0, 0.05) is 32.7 Å². The van der Waals surface area contributed by atoms with E-state index in [1.54, 1.807) is 6.92 Å². The number of carboxylic acid groups (broad SMARTS) is 1. The zero-order valence-electron chi connectivity index (χ0n) is 9.22. The summed E-state index contributed by atoms with van der Waals surface area (Å²) in [6.45, 7) is 6.27. The normalized spacial score (nSPS) is 21.5. The molecule has 0 spiro atoms. The van der Waals surface area contributed by atoms with Crippen LogP contribution in [-0.4, -0.2) is 71.4 Å². The Hall–Kier alpha value is -0.650. The standard InChI is InChI=1S/C10H20N2O3/c1-9(13)2-3-11-4-6-12(7-5-11)8-10(14)15/h9,13H,2-8H2,1H3,(H,14,15). The number of hydrogen-bond acceptors (Lipinski definition) is 4. The topological polar surface area (TPSA) is 64.0 Å². The number of aliphatic hydroxyl groups is 1. The molecule has 1 aliphatic heterocycles. The average Bonchev–Trinajstić information content (AvgIpc) is 2.16. The van der Waals surface area contributed by atoms with Gasteiger partial charge in [0.1, 0.15) is 0 Å². The summed E-state index contributed by atoms with van der Waals surface area (Å²) < 4.78 is 0. The van der Waals surface area contributed by atoms with Crippen LogP contribution in [0.2, 0.25) is 0 Å². The Morgan fingerprint density at radius 3 is 2.27 bits per heavy atom. The molecule has 1 aliphatic rings. The van der Waals surface area contributed by atoms with Gasteiger partial charge in [-0.2, -0.15) is 0 Å². The summed E-state index contributed by atoms with van der Waals surface area (Å²) in [4.78, 5) is 14.7. The maximum atomic E-state index is 10.5. The largest absolute Gasteiger partial charge is 0.480 e. The number of carboxylic acids is 1. The maximum Gasteiger partial charge on any atom is 0.317 e. The molecule has 1 atom stereocenters. The Morgan fingerprint density at radius 2 is 1.80 bits per heavy atom. The highest BCUT2D eigenvalue weighted by atomic mass is 16.4. The number of carbonyl (C=O) groups is 1. The molecule has 2 N–H and O–H groups in total. The molecule has 0 saturated carbocycles. The van der Waals surface area contributed by atoms with Crippen LogP contribution in [0, 0.1) is 0 Å². The predicted octanol–water partition coefficient (Wildman–Crippen LogP) is -0.540. The fourth-order valence-corrected chi connectivity index (χ4v) is 1.73. The van der Waals surface area contributed by atoms with Crippen LogP contribution in [0.15, 0.2) is 0 Å². The lowest BCUT2D eigenvalue weighted by Crippen LogP contribution is -2.48. The lowest BCUT2D eigenvalue weighted by atomic mass is 10.2. The van der Waals surface area contributed by atoms with Gasteiger partial charge in [0.2, 0.25) is 0 Å². The van der Waals surface area contributed by atoms with Crippen molar-refractivity contribution >= 4 is 5.97 Å². The maximum absolute atomic E-state index is 10.5. The molecule has 0 radical (unpaired) electrons. The van der Waals surface area contributed by atoms with Crippen molar-refractivity contribution in [3.63, 3.8) is 0 Å². The quantitative estimate of drug-likeness (QED) is 0.646. The van der Waals surface area contributed by atoms with Gasteiger partial charge in [0.15, 0.2) is 0 Å². The van der Waals surface area contributed by atoms with Crippen LogP contribution in [0.5, 0.6) is 0 Å². The average molecular weight is 216 g/mol.